The Bertz CT molecular complexity index is 1560. The highest BCUT2D eigenvalue weighted by molar-refractivity contribution is 7.47. The monoisotopic (exact) mass is 1170 g/mol. The van der Waals surface area contributed by atoms with Gasteiger partial charge in [0.05, 0.1) is 26.4 Å². The topological polar surface area (TPSA) is 237 Å². The highest BCUT2D eigenvalue weighted by Gasteiger charge is 2.30. The molecule has 468 valence electrons. The Morgan fingerprint density at radius 3 is 0.861 bits per heavy atom. The van der Waals surface area contributed by atoms with E-state index in [0.29, 0.717) is 25.7 Å². The first kappa shape index (κ1) is 77.1. The Labute approximate surface area is 479 Å². The number of unbranched alkanes of at least 4 members (excludes halogenated alkanes) is 29. The number of carbonyl (C=O) groups is 4. The van der Waals surface area contributed by atoms with Crippen molar-refractivity contribution >= 4 is 39.5 Å². The summed E-state index contributed by atoms with van der Waals surface area (Å²) in [6.45, 7) is 9.28. The molecule has 0 bridgehead atoms. The minimum atomic E-state index is -4.94. The fourth-order valence-electron chi connectivity index (χ4n) is 8.82. The summed E-state index contributed by atoms with van der Waals surface area (Å²) < 4.78 is 67.4. The molecule has 0 radical (unpaired) electrons. The molecular weight excluding hydrogens is 1050 g/mol. The predicted octanol–water partition coefficient (Wildman–Crippen LogP) is 16.1. The molecule has 0 spiro atoms. The third-order valence-electron chi connectivity index (χ3n) is 13.7. The molecule has 0 aromatic rings. The minimum absolute atomic E-state index is 0.0985. The van der Waals surface area contributed by atoms with Crippen molar-refractivity contribution in [3.8, 4) is 0 Å². The van der Waals surface area contributed by atoms with E-state index in [0.717, 1.165) is 108 Å². The largest absolute Gasteiger partial charge is 0.472 e. The van der Waals surface area contributed by atoms with E-state index in [1.807, 2.05) is 0 Å². The highest BCUT2D eigenvalue weighted by Crippen LogP contribution is 2.45. The van der Waals surface area contributed by atoms with Crippen LogP contribution in [0.4, 0.5) is 0 Å². The second kappa shape index (κ2) is 52.8. The van der Waals surface area contributed by atoms with Crippen LogP contribution in [-0.4, -0.2) is 96.7 Å². The van der Waals surface area contributed by atoms with Crippen molar-refractivity contribution in [2.24, 2.45) is 11.8 Å². The molecule has 0 saturated carbocycles. The van der Waals surface area contributed by atoms with Gasteiger partial charge >= 0.3 is 39.5 Å². The summed E-state index contributed by atoms with van der Waals surface area (Å²) in [7, 11) is -9.86. The van der Waals surface area contributed by atoms with Gasteiger partial charge in [0.2, 0.25) is 0 Å². The first-order valence-electron chi connectivity index (χ1n) is 31.5. The molecule has 17 nitrogen and oxygen atoms in total. The molecule has 0 aliphatic heterocycles. The van der Waals surface area contributed by atoms with Crippen LogP contribution in [-0.2, 0) is 65.4 Å². The van der Waals surface area contributed by atoms with Crippen molar-refractivity contribution in [2.75, 3.05) is 39.6 Å². The first-order chi connectivity index (χ1) is 37.9. The van der Waals surface area contributed by atoms with E-state index in [-0.39, 0.29) is 25.7 Å². The quantitative estimate of drug-likeness (QED) is 0.0222. The number of esters is 4. The van der Waals surface area contributed by atoms with E-state index in [4.69, 9.17) is 37.0 Å². The van der Waals surface area contributed by atoms with Crippen LogP contribution >= 0.6 is 15.6 Å². The molecule has 0 aliphatic carbocycles. The normalized spacial score (nSPS) is 14.4. The van der Waals surface area contributed by atoms with E-state index in [2.05, 4.69) is 41.5 Å². The summed E-state index contributed by atoms with van der Waals surface area (Å²) in [5.74, 6) is -0.623. The number of aliphatic hydroxyl groups is 1. The van der Waals surface area contributed by atoms with Crippen LogP contribution in [0.25, 0.3) is 0 Å². The molecule has 5 atom stereocenters. The number of rotatable bonds is 59. The van der Waals surface area contributed by atoms with Crippen LogP contribution in [0.3, 0.4) is 0 Å². The number of phosphoric ester groups is 2. The van der Waals surface area contributed by atoms with Gasteiger partial charge in [-0.2, -0.15) is 0 Å². The Hall–Kier alpha value is -1.94. The van der Waals surface area contributed by atoms with Gasteiger partial charge < -0.3 is 33.8 Å². The molecule has 0 aromatic carbocycles. The Morgan fingerprint density at radius 1 is 0.342 bits per heavy atom. The van der Waals surface area contributed by atoms with Crippen LogP contribution in [0, 0.1) is 11.8 Å². The molecule has 0 aromatic heterocycles. The van der Waals surface area contributed by atoms with Crippen LogP contribution in [0.2, 0.25) is 0 Å². The molecule has 0 amide bonds. The third-order valence-corrected chi connectivity index (χ3v) is 15.6. The van der Waals surface area contributed by atoms with E-state index < -0.39 is 97.5 Å². The summed E-state index contributed by atoms with van der Waals surface area (Å²) in [6.07, 6.45) is 34.3. The lowest BCUT2D eigenvalue weighted by Crippen LogP contribution is -2.30. The number of ether oxygens (including phenoxy) is 4. The second-order valence-electron chi connectivity index (χ2n) is 22.7. The maximum atomic E-state index is 12.9. The smallest absolute Gasteiger partial charge is 0.462 e. The molecule has 0 fully saturated rings. The van der Waals surface area contributed by atoms with Crippen LogP contribution in [0.1, 0.15) is 292 Å². The van der Waals surface area contributed by atoms with Crippen molar-refractivity contribution in [3.05, 3.63) is 0 Å². The molecule has 0 heterocycles. The van der Waals surface area contributed by atoms with Gasteiger partial charge in [0.25, 0.3) is 0 Å². The summed E-state index contributed by atoms with van der Waals surface area (Å²) in [5, 5.41) is 10.5. The third kappa shape index (κ3) is 55.0. The Balaban J connectivity index is 5.11. The summed E-state index contributed by atoms with van der Waals surface area (Å²) in [5.41, 5.74) is 0. The van der Waals surface area contributed by atoms with E-state index in [9.17, 15) is 43.2 Å². The first-order valence-corrected chi connectivity index (χ1v) is 34.5. The average molecular weight is 1170 g/mol. The highest BCUT2D eigenvalue weighted by atomic mass is 31.2. The molecule has 2 unspecified atom stereocenters. The lowest BCUT2D eigenvalue weighted by molar-refractivity contribution is -0.161. The van der Waals surface area contributed by atoms with Gasteiger partial charge in [0.15, 0.2) is 12.2 Å². The SMILES string of the molecule is CCCCCCCC(=O)OC[C@H](COP(=O)(O)OC[C@H](O)COP(=O)(O)OC[C@@H](COC(=O)CCCCCCCCCCCC(C)C)OC(=O)CCCCCCCCCCCCCCCCC(C)C)OC(=O)CCCCCCC. The maximum absolute atomic E-state index is 12.9. The van der Waals surface area contributed by atoms with Crippen molar-refractivity contribution in [3.63, 3.8) is 0 Å². The van der Waals surface area contributed by atoms with Crippen molar-refractivity contribution < 1.29 is 80.2 Å². The summed E-state index contributed by atoms with van der Waals surface area (Å²) >= 11 is 0. The summed E-state index contributed by atoms with van der Waals surface area (Å²) in [4.78, 5) is 71.5. The van der Waals surface area contributed by atoms with Crippen molar-refractivity contribution in [1.82, 2.24) is 0 Å². The van der Waals surface area contributed by atoms with Crippen LogP contribution < -0.4 is 0 Å². The van der Waals surface area contributed by atoms with Gasteiger partial charge in [0.1, 0.15) is 19.3 Å². The number of hydrogen-bond donors (Lipinski definition) is 3. The minimum Gasteiger partial charge on any atom is -0.462 e. The maximum Gasteiger partial charge on any atom is 0.472 e. The Morgan fingerprint density at radius 2 is 0.582 bits per heavy atom. The van der Waals surface area contributed by atoms with Crippen LogP contribution in [0.15, 0.2) is 0 Å². The van der Waals surface area contributed by atoms with Gasteiger partial charge in [-0.05, 0) is 37.5 Å². The number of phosphoric acid groups is 2. The fraction of sp³-hybridized carbons (Fsp3) is 0.933. The van der Waals surface area contributed by atoms with Gasteiger partial charge in [-0.15, -0.1) is 0 Å². The lowest BCUT2D eigenvalue weighted by atomic mass is 10.0. The molecule has 0 aliphatic rings. The zero-order valence-corrected chi connectivity index (χ0v) is 52.4. The lowest BCUT2D eigenvalue weighted by Gasteiger charge is -2.21. The number of aliphatic hydroxyl groups excluding tert-OH is 1. The fourth-order valence-corrected chi connectivity index (χ4v) is 10.4. The number of hydrogen-bond acceptors (Lipinski definition) is 15. The predicted molar refractivity (Wildman–Crippen MR) is 312 cm³/mol. The standard InChI is InChI=1S/C60H116O17P2/c1-7-9-11-28-36-42-57(62)70-48-55(76-59(64)44-38-29-12-10-8-2)50-74-78(66,67)72-46-54(61)47-73-79(68,69)75-51-56(49-71-58(63)43-37-32-26-23-19-21-25-31-35-41-53(5)6)77-60(65)45-39-33-27-22-18-16-14-13-15-17-20-24-30-34-40-52(3)4/h52-56,61H,7-51H2,1-6H3,(H,66,67)(H,68,69)/t54-,55+,56+/m0/s1. The van der Waals surface area contributed by atoms with Crippen LogP contribution in [0.5, 0.6) is 0 Å². The number of carbonyl (C=O) groups excluding carboxylic acids is 4. The average Bonchev–Trinajstić information content (AvgIpc) is 3.40. The van der Waals surface area contributed by atoms with Crippen molar-refractivity contribution in [2.45, 2.75) is 310 Å². The zero-order valence-electron chi connectivity index (χ0n) is 50.7. The molecule has 79 heavy (non-hydrogen) atoms. The molecule has 3 N–H and O–H groups in total. The van der Waals surface area contributed by atoms with Gasteiger partial charge in [-0.3, -0.25) is 37.3 Å². The molecule has 19 heteroatoms. The molecular formula is C60H116O17P2. The van der Waals surface area contributed by atoms with Gasteiger partial charge in [-0.1, -0.05) is 241 Å². The summed E-state index contributed by atoms with van der Waals surface area (Å²) in [6, 6.07) is 0. The molecule has 0 saturated heterocycles. The van der Waals surface area contributed by atoms with E-state index >= 15 is 0 Å². The van der Waals surface area contributed by atoms with Gasteiger partial charge in [0, 0.05) is 25.7 Å². The van der Waals surface area contributed by atoms with Crippen molar-refractivity contribution in [1.29, 1.82) is 0 Å². The van der Waals surface area contributed by atoms with E-state index in [1.165, 1.54) is 103 Å². The zero-order chi connectivity index (χ0) is 58.7. The second-order valence-corrected chi connectivity index (χ2v) is 25.6. The molecule has 0 rings (SSSR count). The van der Waals surface area contributed by atoms with Gasteiger partial charge in [-0.25, -0.2) is 9.13 Å². The Kier molecular flexibility index (Phi) is 51.5. The van der Waals surface area contributed by atoms with E-state index in [1.54, 1.807) is 0 Å².